The summed E-state index contributed by atoms with van der Waals surface area (Å²) in [6.45, 7) is 14.4. The van der Waals surface area contributed by atoms with Crippen molar-refractivity contribution < 1.29 is 9.53 Å². The molecule has 38 heavy (non-hydrogen) atoms. The molecule has 4 nitrogen and oxygen atoms in total. The molecule has 1 aliphatic heterocycles. The fraction of sp³-hybridized carbons (Fsp3) is 0.355. The highest BCUT2D eigenvalue weighted by atomic mass is 35.5. The van der Waals surface area contributed by atoms with Gasteiger partial charge in [-0.25, -0.2) is 0 Å². The summed E-state index contributed by atoms with van der Waals surface area (Å²) < 4.78 is 6.30. The average molecular weight is 572 g/mol. The van der Waals surface area contributed by atoms with Gasteiger partial charge in [0.25, 0.3) is 0 Å². The molecule has 1 heterocycles. The van der Waals surface area contributed by atoms with Crippen molar-refractivity contribution in [1.82, 2.24) is 4.90 Å². The SMILES string of the molecule is CC(C)Oc1cc(C(C)(C)C)ccc1C1=N[C@@](C)(c2ccc(Cl)cc2)[C@](C)(c2ccc(Cl)cc2)N1C(=O)Cl. The van der Waals surface area contributed by atoms with Crippen LogP contribution < -0.4 is 4.74 Å². The van der Waals surface area contributed by atoms with E-state index in [2.05, 4.69) is 26.8 Å². The van der Waals surface area contributed by atoms with Crippen molar-refractivity contribution in [3.63, 3.8) is 0 Å². The molecule has 0 radical (unpaired) electrons. The van der Waals surface area contributed by atoms with Crippen LogP contribution in [0.25, 0.3) is 0 Å². The van der Waals surface area contributed by atoms with Gasteiger partial charge in [-0.2, -0.15) is 0 Å². The van der Waals surface area contributed by atoms with Gasteiger partial charge in [0, 0.05) is 10.0 Å². The fourth-order valence-electron chi connectivity index (χ4n) is 5.07. The Hall–Kier alpha value is -2.53. The summed E-state index contributed by atoms with van der Waals surface area (Å²) in [4.78, 5) is 20.2. The standard InChI is InChI=1S/C31H33Cl3N2O2/c1-19(2)38-26-18-22(29(3,4)5)12-17-25(26)27-35-30(6,20-8-13-23(32)14-9-20)31(7,36(27)28(34)37)21-10-15-24(33)16-11-21/h8-19H,1-7H3/t30-,31-/m0/s1. The van der Waals surface area contributed by atoms with Gasteiger partial charge in [-0.3, -0.25) is 14.7 Å². The molecule has 0 saturated carbocycles. The van der Waals surface area contributed by atoms with Gasteiger partial charge >= 0.3 is 5.37 Å². The summed E-state index contributed by atoms with van der Waals surface area (Å²) >= 11 is 18.9. The quantitative estimate of drug-likeness (QED) is 0.226. The van der Waals surface area contributed by atoms with E-state index in [-0.39, 0.29) is 11.5 Å². The maximum Gasteiger partial charge on any atom is 0.322 e. The van der Waals surface area contributed by atoms with Crippen molar-refractivity contribution in [3.05, 3.63) is 99.0 Å². The summed E-state index contributed by atoms with van der Waals surface area (Å²) in [7, 11) is 0. The van der Waals surface area contributed by atoms with Crippen molar-refractivity contribution in [2.24, 2.45) is 4.99 Å². The first kappa shape index (κ1) is 28.5. The van der Waals surface area contributed by atoms with Gasteiger partial charge in [0.1, 0.15) is 22.7 Å². The van der Waals surface area contributed by atoms with Crippen LogP contribution in [0.2, 0.25) is 10.0 Å². The van der Waals surface area contributed by atoms with E-state index >= 15 is 0 Å². The van der Waals surface area contributed by atoms with E-state index in [1.165, 1.54) is 0 Å². The number of amides is 1. The number of carbonyl (C=O) groups is 1. The van der Waals surface area contributed by atoms with E-state index in [1.54, 1.807) is 4.90 Å². The van der Waals surface area contributed by atoms with Gasteiger partial charge in [-0.05, 0) is 97.8 Å². The first-order valence-electron chi connectivity index (χ1n) is 12.6. The maximum atomic E-state index is 13.3. The number of carbonyl (C=O) groups excluding carboxylic acids is 1. The highest BCUT2D eigenvalue weighted by Crippen LogP contribution is 2.54. The molecule has 0 unspecified atom stereocenters. The van der Waals surface area contributed by atoms with Crippen LogP contribution in [0.4, 0.5) is 4.79 Å². The van der Waals surface area contributed by atoms with E-state index in [4.69, 9.17) is 44.5 Å². The Bertz CT molecular complexity index is 1380. The van der Waals surface area contributed by atoms with Gasteiger partial charge in [0.05, 0.1) is 11.7 Å². The largest absolute Gasteiger partial charge is 0.490 e. The van der Waals surface area contributed by atoms with Crippen LogP contribution in [0.15, 0.2) is 71.7 Å². The van der Waals surface area contributed by atoms with Crippen molar-refractivity contribution in [2.75, 3.05) is 0 Å². The minimum absolute atomic E-state index is 0.0866. The number of benzene rings is 3. The zero-order chi connectivity index (χ0) is 28.0. The van der Waals surface area contributed by atoms with Crippen LogP contribution in [0, 0.1) is 0 Å². The Labute approximate surface area is 240 Å². The van der Waals surface area contributed by atoms with Gasteiger partial charge < -0.3 is 4.74 Å². The lowest BCUT2D eigenvalue weighted by atomic mass is 9.71. The lowest BCUT2D eigenvalue weighted by Gasteiger charge is -2.44. The van der Waals surface area contributed by atoms with Crippen LogP contribution in [0.1, 0.15) is 70.7 Å². The molecule has 1 aliphatic rings. The monoisotopic (exact) mass is 570 g/mol. The minimum atomic E-state index is -1.00. The van der Waals surface area contributed by atoms with Crippen molar-refractivity contribution in [1.29, 1.82) is 0 Å². The molecule has 3 aromatic rings. The van der Waals surface area contributed by atoms with Crippen LogP contribution >= 0.6 is 34.8 Å². The molecule has 3 aromatic carbocycles. The second-order valence-electron chi connectivity index (χ2n) is 11.3. The molecule has 0 saturated heterocycles. The van der Waals surface area contributed by atoms with Gasteiger partial charge in [-0.1, -0.05) is 74.3 Å². The number of nitrogens with zero attached hydrogens (tertiary/aromatic N) is 2. The fourth-order valence-corrected chi connectivity index (χ4v) is 5.57. The molecular weight excluding hydrogens is 539 g/mol. The Morgan fingerprint density at radius 2 is 1.42 bits per heavy atom. The highest BCUT2D eigenvalue weighted by molar-refractivity contribution is 6.64. The number of halogens is 3. The molecule has 2 atom stereocenters. The van der Waals surface area contributed by atoms with Crippen molar-refractivity contribution in [3.8, 4) is 5.75 Å². The van der Waals surface area contributed by atoms with Gasteiger partial charge in [0.15, 0.2) is 0 Å². The third-order valence-electron chi connectivity index (χ3n) is 7.38. The third kappa shape index (κ3) is 4.95. The molecule has 0 spiro atoms. The summed E-state index contributed by atoms with van der Waals surface area (Å²) in [5, 5.41) is 0.566. The molecule has 0 N–H and O–H groups in total. The summed E-state index contributed by atoms with van der Waals surface area (Å²) in [5.74, 6) is 1.09. The van der Waals surface area contributed by atoms with E-state index in [0.717, 1.165) is 16.7 Å². The van der Waals surface area contributed by atoms with Crippen LogP contribution in [0.5, 0.6) is 5.75 Å². The number of hydrogen-bond donors (Lipinski definition) is 0. The van der Waals surface area contributed by atoms with E-state index in [1.807, 2.05) is 88.4 Å². The predicted octanol–water partition coefficient (Wildman–Crippen LogP) is 9.33. The number of hydrogen-bond acceptors (Lipinski definition) is 3. The summed E-state index contributed by atoms with van der Waals surface area (Å²) in [5.41, 5.74) is 1.50. The Kier molecular flexibility index (Phi) is 7.66. The molecular formula is C31H33Cl3N2O2. The molecule has 1 amide bonds. The predicted molar refractivity (Wildman–Crippen MR) is 158 cm³/mol. The minimum Gasteiger partial charge on any atom is -0.490 e. The normalized spacial score (nSPS) is 21.6. The lowest BCUT2D eigenvalue weighted by Crippen LogP contribution is -2.53. The summed E-state index contributed by atoms with van der Waals surface area (Å²) in [6.07, 6.45) is -0.0866. The van der Waals surface area contributed by atoms with E-state index in [0.29, 0.717) is 27.2 Å². The first-order valence-corrected chi connectivity index (χ1v) is 13.7. The average Bonchev–Trinajstić information content (AvgIpc) is 3.07. The van der Waals surface area contributed by atoms with E-state index in [9.17, 15) is 4.79 Å². The summed E-state index contributed by atoms with van der Waals surface area (Å²) in [6, 6.07) is 21.0. The topological polar surface area (TPSA) is 41.9 Å². The number of amidine groups is 1. The maximum absolute atomic E-state index is 13.3. The molecule has 7 heteroatoms. The molecule has 4 rings (SSSR count). The zero-order valence-electron chi connectivity index (χ0n) is 22.8. The third-order valence-corrected chi connectivity index (χ3v) is 8.05. The van der Waals surface area contributed by atoms with E-state index < -0.39 is 16.4 Å². The second kappa shape index (κ2) is 10.2. The Morgan fingerprint density at radius 1 is 0.895 bits per heavy atom. The molecule has 0 bridgehead atoms. The van der Waals surface area contributed by atoms with Crippen LogP contribution in [-0.4, -0.2) is 22.2 Å². The van der Waals surface area contributed by atoms with Crippen LogP contribution in [0.3, 0.4) is 0 Å². The zero-order valence-corrected chi connectivity index (χ0v) is 25.0. The van der Waals surface area contributed by atoms with Gasteiger partial charge in [0.2, 0.25) is 0 Å². The van der Waals surface area contributed by atoms with Crippen molar-refractivity contribution in [2.45, 2.75) is 71.1 Å². The molecule has 0 aromatic heterocycles. The second-order valence-corrected chi connectivity index (χ2v) is 12.5. The molecule has 0 aliphatic carbocycles. The number of ether oxygens (including phenoxy) is 1. The Morgan fingerprint density at radius 3 is 1.89 bits per heavy atom. The molecule has 200 valence electrons. The number of aliphatic imine (C=N–C) groups is 1. The van der Waals surface area contributed by atoms with Gasteiger partial charge in [-0.15, -0.1) is 0 Å². The lowest BCUT2D eigenvalue weighted by molar-refractivity contribution is 0.149. The highest BCUT2D eigenvalue weighted by Gasteiger charge is 2.59. The van der Waals surface area contributed by atoms with Crippen molar-refractivity contribution >= 4 is 46.0 Å². The smallest absolute Gasteiger partial charge is 0.322 e. The molecule has 0 fully saturated rings. The van der Waals surface area contributed by atoms with Crippen LogP contribution in [-0.2, 0) is 16.5 Å². The first-order chi connectivity index (χ1) is 17.7. The number of rotatable bonds is 5. The Balaban J connectivity index is 2.04.